The summed E-state index contributed by atoms with van der Waals surface area (Å²) in [5.74, 6) is -1.31. The zero-order valence-electron chi connectivity index (χ0n) is 8.40. The molecule has 0 spiro atoms. The normalized spacial score (nSPS) is 13.1. The van der Waals surface area contributed by atoms with E-state index < -0.39 is 30.3 Å². The van der Waals surface area contributed by atoms with Gasteiger partial charge < -0.3 is 20.3 Å². The number of hydrogen-bond donors (Lipinski definition) is 3. The van der Waals surface area contributed by atoms with Crippen LogP contribution in [0.5, 0.6) is 0 Å². The van der Waals surface area contributed by atoms with Gasteiger partial charge in [0.1, 0.15) is 5.60 Å². The summed E-state index contributed by atoms with van der Waals surface area (Å²) in [6.45, 7) is 4.29. The number of carbonyl (C=O) groups is 2. The number of amides is 1. The highest BCUT2D eigenvalue weighted by Crippen LogP contribution is 2.06. The zero-order valence-corrected chi connectivity index (χ0v) is 8.40. The number of aliphatic hydroxyl groups is 1. The van der Waals surface area contributed by atoms with Crippen molar-refractivity contribution in [1.82, 2.24) is 5.32 Å². The van der Waals surface area contributed by atoms with Crippen LogP contribution in [0, 0.1) is 0 Å². The smallest absolute Gasteiger partial charge is 0.408 e. The number of ether oxygens (including phenoxy) is 1. The molecule has 3 N–H and O–H groups in total. The molecule has 6 nitrogen and oxygen atoms in total. The molecule has 0 aromatic carbocycles. The third kappa shape index (κ3) is 5.36. The number of carboxylic acid groups (broad SMARTS) is 1. The monoisotopic (exact) mass is 205 g/mol. The molecule has 0 aliphatic heterocycles. The topological polar surface area (TPSA) is 95.9 Å². The van der Waals surface area contributed by atoms with Crippen LogP contribution in [0.3, 0.4) is 0 Å². The molecule has 6 heteroatoms. The Bertz CT molecular complexity index is 220. The van der Waals surface area contributed by atoms with Gasteiger partial charge in [-0.15, -0.1) is 0 Å². The third-order valence-electron chi connectivity index (χ3n) is 1.17. The lowest BCUT2D eigenvalue weighted by Gasteiger charge is -2.21. The maximum absolute atomic E-state index is 11.0. The highest BCUT2D eigenvalue weighted by Gasteiger charge is 2.22. The number of alkyl carbamates (subject to hydrolysis) is 1. The molecular weight excluding hydrogens is 190 g/mol. The van der Waals surface area contributed by atoms with E-state index in [-0.39, 0.29) is 0 Å². The first-order valence-corrected chi connectivity index (χ1v) is 4.09. The van der Waals surface area contributed by atoms with Gasteiger partial charge in [-0.2, -0.15) is 0 Å². The van der Waals surface area contributed by atoms with Gasteiger partial charge in [-0.25, -0.2) is 9.59 Å². The summed E-state index contributed by atoms with van der Waals surface area (Å²) in [5, 5.41) is 19.1. The Balaban J connectivity index is 4.11. The van der Waals surface area contributed by atoms with E-state index in [1.165, 1.54) is 0 Å². The van der Waals surface area contributed by atoms with Crippen molar-refractivity contribution >= 4 is 12.1 Å². The van der Waals surface area contributed by atoms with Gasteiger partial charge in [0.2, 0.25) is 0 Å². The highest BCUT2D eigenvalue weighted by atomic mass is 16.6. The zero-order chi connectivity index (χ0) is 11.4. The van der Waals surface area contributed by atoms with Crippen molar-refractivity contribution in [2.24, 2.45) is 0 Å². The van der Waals surface area contributed by atoms with Crippen LogP contribution < -0.4 is 5.32 Å². The van der Waals surface area contributed by atoms with Crippen molar-refractivity contribution in [1.29, 1.82) is 0 Å². The van der Waals surface area contributed by atoms with E-state index in [0.717, 1.165) is 0 Å². The first-order valence-electron chi connectivity index (χ1n) is 4.09. The quantitative estimate of drug-likeness (QED) is 0.600. The lowest BCUT2D eigenvalue weighted by molar-refractivity contribution is -0.140. The second kappa shape index (κ2) is 4.80. The van der Waals surface area contributed by atoms with Gasteiger partial charge in [0.15, 0.2) is 6.04 Å². The summed E-state index contributed by atoms with van der Waals surface area (Å²) in [7, 11) is 0. The maximum atomic E-state index is 11.0. The maximum Gasteiger partial charge on any atom is 0.408 e. The SMILES string of the molecule is CC(C)(C)OC(=O)NC(CO)C(=O)O. The third-order valence-corrected chi connectivity index (χ3v) is 1.17. The van der Waals surface area contributed by atoms with Crippen LogP contribution >= 0.6 is 0 Å². The van der Waals surface area contributed by atoms with Crippen LogP contribution in [0.1, 0.15) is 20.8 Å². The van der Waals surface area contributed by atoms with E-state index in [4.69, 9.17) is 14.9 Å². The van der Waals surface area contributed by atoms with Gasteiger partial charge in [-0.1, -0.05) is 0 Å². The molecule has 1 amide bonds. The summed E-state index contributed by atoms with van der Waals surface area (Å²) < 4.78 is 4.80. The van der Waals surface area contributed by atoms with E-state index in [2.05, 4.69) is 0 Å². The molecule has 0 aromatic heterocycles. The van der Waals surface area contributed by atoms with Crippen molar-refractivity contribution in [3.05, 3.63) is 0 Å². The van der Waals surface area contributed by atoms with Crippen molar-refractivity contribution in [2.45, 2.75) is 32.4 Å². The molecule has 0 saturated carbocycles. The first kappa shape index (κ1) is 12.7. The molecule has 0 heterocycles. The van der Waals surface area contributed by atoms with E-state index >= 15 is 0 Å². The van der Waals surface area contributed by atoms with Crippen LogP contribution in [-0.2, 0) is 9.53 Å². The summed E-state index contributed by atoms with van der Waals surface area (Å²) in [4.78, 5) is 21.4. The van der Waals surface area contributed by atoms with Crippen LogP contribution in [-0.4, -0.2) is 40.5 Å². The number of carboxylic acids is 1. The van der Waals surface area contributed by atoms with Crippen molar-refractivity contribution < 1.29 is 24.5 Å². The predicted octanol–water partition coefficient (Wildman–Crippen LogP) is -0.0434. The lowest BCUT2D eigenvalue weighted by Crippen LogP contribution is -2.45. The van der Waals surface area contributed by atoms with Gasteiger partial charge in [-0.05, 0) is 20.8 Å². The summed E-state index contributed by atoms with van der Waals surface area (Å²) in [6.07, 6.45) is -0.862. The molecule has 0 bridgehead atoms. The largest absolute Gasteiger partial charge is 0.480 e. The van der Waals surface area contributed by atoms with Crippen LogP contribution in [0.2, 0.25) is 0 Å². The summed E-state index contributed by atoms with van der Waals surface area (Å²) in [6, 6.07) is -1.33. The van der Waals surface area contributed by atoms with Crippen molar-refractivity contribution in [3.8, 4) is 0 Å². The molecule has 0 radical (unpaired) electrons. The number of nitrogens with one attached hydrogen (secondary N) is 1. The van der Waals surface area contributed by atoms with E-state index in [1.807, 2.05) is 5.32 Å². The molecule has 0 rings (SSSR count). The standard InChI is InChI=1S/C8H15NO5/c1-8(2,3)14-7(13)9-5(4-10)6(11)12/h5,10H,4H2,1-3H3,(H,9,13)(H,11,12). The Kier molecular flexibility index (Phi) is 4.36. The Morgan fingerprint density at radius 1 is 1.43 bits per heavy atom. The average Bonchev–Trinajstić information content (AvgIpc) is 1.96. The fraction of sp³-hybridized carbons (Fsp3) is 0.750. The van der Waals surface area contributed by atoms with Gasteiger partial charge in [0.05, 0.1) is 6.61 Å². The molecule has 0 aromatic rings. The Morgan fingerprint density at radius 2 is 1.93 bits per heavy atom. The molecule has 14 heavy (non-hydrogen) atoms. The molecule has 1 unspecified atom stereocenters. The Morgan fingerprint density at radius 3 is 2.21 bits per heavy atom. The summed E-state index contributed by atoms with van der Waals surface area (Å²) >= 11 is 0. The van der Waals surface area contributed by atoms with Gasteiger partial charge in [0.25, 0.3) is 0 Å². The number of carbonyl (C=O) groups excluding carboxylic acids is 1. The Hall–Kier alpha value is -1.30. The number of aliphatic carboxylic acids is 1. The van der Waals surface area contributed by atoms with Crippen molar-refractivity contribution in [3.63, 3.8) is 0 Å². The van der Waals surface area contributed by atoms with Crippen LogP contribution in [0.4, 0.5) is 4.79 Å². The second-order valence-corrected chi connectivity index (χ2v) is 3.72. The molecule has 0 aliphatic rings. The fourth-order valence-electron chi connectivity index (χ4n) is 0.635. The second-order valence-electron chi connectivity index (χ2n) is 3.72. The highest BCUT2D eigenvalue weighted by molar-refractivity contribution is 5.80. The Labute approximate surface area is 81.9 Å². The molecular formula is C8H15NO5. The minimum atomic E-state index is -1.33. The van der Waals surface area contributed by atoms with E-state index in [9.17, 15) is 9.59 Å². The molecule has 82 valence electrons. The minimum Gasteiger partial charge on any atom is -0.480 e. The van der Waals surface area contributed by atoms with Crippen LogP contribution in [0.25, 0.3) is 0 Å². The fourth-order valence-corrected chi connectivity index (χ4v) is 0.635. The average molecular weight is 205 g/mol. The van der Waals surface area contributed by atoms with Gasteiger partial charge >= 0.3 is 12.1 Å². The molecule has 0 fully saturated rings. The molecule has 0 saturated heterocycles. The molecule has 1 atom stereocenters. The lowest BCUT2D eigenvalue weighted by atomic mass is 10.2. The number of hydrogen-bond acceptors (Lipinski definition) is 4. The first-order chi connectivity index (χ1) is 6.26. The minimum absolute atomic E-state index is 0.672. The van der Waals surface area contributed by atoms with E-state index in [0.29, 0.717) is 0 Å². The van der Waals surface area contributed by atoms with Crippen LogP contribution in [0.15, 0.2) is 0 Å². The van der Waals surface area contributed by atoms with Gasteiger partial charge in [-0.3, -0.25) is 0 Å². The number of rotatable bonds is 3. The summed E-state index contributed by atoms with van der Waals surface area (Å²) in [5.41, 5.74) is -0.692. The van der Waals surface area contributed by atoms with Gasteiger partial charge in [0, 0.05) is 0 Å². The number of aliphatic hydroxyl groups excluding tert-OH is 1. The van der Waals surface area contributed by atoms with E-state index in [1.54, 1.807) is 20.8 Å². The predicted molar refractivity (Wildman–Crippen MR) is 47.9 cm³/mol. The molecule has 0 aliphatic carbocycles. The van der Waals surface area contributed by atoms with Crippen molar-refractivity contribution in [2.75, 3.05) is 6.61 Å².